The van der Waals surface area contributed by atoms with Gasteiger partial charge in [-0.25, -0.2) is 0 Å². The van der Waals surface area contributed by atoms with E-state index >= 15 is 0 Å². The van der Waals surface area contributed by atoms with Crippen LogP contribution in [0.15, 0.2) is 24.3 Å². The molecule has 3 rings (SSSR count). The van der Waals surface area contributed by atoms with Crippen LogP contribution in [0.1, 0.15) is 44.0 Å². The molecular formula is C18H22N6OS2. The van der Waals surface area contributed by atoms with Crippen molar-refractivity contribution in [3.63, 3.8) is 0 Å². The Hall–Kier alpha value is -2.39. The van der Waals surface area contributed by atoms with E-state index in [2.05, 4.69) is 32.9 Å². The Morgan fingerprint density at radius 2 is 2.00 bits per heavy atom. The quantitative estimate of drug-likeness (QED) is 0.466. The Balaban J connectivity index is 1.51. The molecule has 0 unspecified atom stereocenters. The number of rotatable bonds is 7. The van der Waals surface area contributed by atoms with Gasteiger partial charge in [0.2, 0.25) is 10.9 Å². The van der Waals surface area contributed by atoms with Crippen molar-refractivity contribution in [2.24, 2.45) is 0 Å². The van der Waals surface area contributed by atoms with Crippen molar-refractivity contribution >= 4 is 39.5 Å². The number of hydrogen-bond acceptors (Lipinski definition) is 6. The van der Waals surface area contributed by atoms with Gasteiger partial charge in [-0.15, -0.1) is 10.2 Å². The second kappa shape index (κ2) is 9.01. The number of aryl methyl sites for hydroxylation is 1. The number of benzene rings is 1. The Morgan fingerprint density at radius 3 is 2.70 bits per heavy atom. The lowest BCUT2D eigenvalue weighted by Gasteiger charge is -2.09. The average Bonchev–Trinajstić information content (AvgIpc) is 3.23. The van der Waals surface area contributed by atoms with E-state index < -0.39 is 0 Å². The molecule has 1 amide bonds. The molecule has 0 aliphatic carbocycles. The first kappa shape index (κ1) is 19.4. The molecular weight excluding hydrogens is 380 g/mol. The highest BCUT2D eigenvalue weighted by atomic mass is 32.1. The number of fused-ring (bicyclic) bond motifs is 1. The number of aromatic nitrogens is 4. The van der Waals surface area contributed by atoms with Gasteiger partial charge < -0.3 is 10.6 Å². The van der Waals surface area contributed by atoms with E-state index in [4.69, 9.17) is 12.2 Å². The molecule has 1 aromatic carbocycles. The summed E-state index contributed by atoms with van der Waals surface area (Å²) < 4.78 is 1.75. The van der Waals surface area contributed by atoms with Crippen molar-refractivity contribution in [3.8, 4) is 10.6 Å². The minimum Gasteiger partial charge on any atom is -0.358 e. The minimum absolute atomic E-state index is 0.0325. The van der Waals surface area contributed by atoms with Crippen LogP contribution in [0.3, 0.4) is 0 Å². The van der Waals surface area contributed by atoms with E-state index in [1.54, 1.807) is 4.52 Å². The number of carbonyl (C=O) groups excluding carboxylic acids is 1. The molecule has 0 radical (unpaired) electrons. The standard InChI is InChI=1S/C18H22N6OS2/c1-3-4-5-6-15(25)20-17(26)19-11-13-7-9-14(10-8-13)16-23-24-12(2)21-22-18(24)27-16/h7-10H,3-6,11H2,1-2H3,(H2,19,20,25,26). The predicted molar refractivity (Wildman–Crippen MR) is 111 cm³/mol. The summed E-state index contributed by atoms with van der Waals surface area (Å²) in [6, 6.07) is 8.07. The van der Waals surface area contributed by atoms with Crippen LogP contribution in [-0.2, 0) is 11.3 Å². The Labute approximate surface area is 167 Å². The summed E-state index contributed by atoms with van der Waals surface area (Å²) in [7, 11) is 0. The molecule has 0 saturated heterocycles. The molecule has 0 fully saturated rings. The maximum Gasteiger partial charge on any atom is 0.234 e. The number of amides is 1. The SMILES string of the molecule is CCCCCC(=O)NC(=S)NCc1ccc(-c2nn3c(C)nnc3s2)cc1. The molecule has 3 aromatic rings. The van der Waals surface area contributed by atoms with Crippen molar-refractivity contribution in [2.45, 2.75) is 46.1 Å². The van der Waals surface area contributed by atoms with Gasteiger partial charge in [-0.05, 0) is 31.1 Å². The van der Waals surface area contributed by atoms with Gasteiger partial charge in [0.25, 0.3) is 0 Å². The summed E-state index contributed by atoms with van der Waals surface area (Å²) in [5.41, 5.74) is 2.10. The van der Waals surface area contributed by atoms with Crippen LogP contribution in [-0.4, -0.2) is 30.8 Å². The summed E-state index contributed by atoms with van der Waals surface area (Å²) in [4.78, 5) is 12.5. The molecule has 0 bridgehead atoms. The van der Waals surface area contributed by atoms with Crippen LogP contribution in [0.5, 0.6) is 0 Å². The zero-order valence-electron chi connectivity index (χ0n) is 15.4. The number of hydrogen-bond donors (Lipinski definition) is 2. The van der Waals surface area contributed by atoms with Gasteiger partial charge in [0.1, 0.15) is 5.01 Å². The lowest BCUT2D eigenvalue weighted by molar-refractivity contribution is -0.119. The second-order valence-corrected chi connectivity index (χ2v) is 7.60. The van der Waals surface area contributed by atoms with Gasteiger partial charge in [0.05, 0.1) is 0 Å². The van der Waals surface area contributed by atoms with E-state index in [9.17, 15) is 4.79 Å². The summed E-state index contributed by atoms with van der Waals surface area (Å²) in [5, 5.41) is 19.7. The maximum absolute atomic E-state index is 11.8. The first-order valence-electron chi connectivity index (χ1n) is 8.92. The predicted octanol–water partition coefficient (Wildman–Crippen LogP) is 3.23. The van der Waals surface area contributed by atoms with Crippen molar-refractivity contribution in [3.05, 3.63) is 35.7 Å². The summed E-state index contributed by atoms with van der Waals surface area (Å²) in [6.45, 7) is 4.54. The molecule has 7 nitrogen and oxygen atoms in total. The molecule has 0 atom stereocenters. The largest absolute Gasteiger partial charge is 0.358 e. The molecule has 0 aliphatic heterocycles. The van der Waals surface area contributed by atoms with Gasteiger partial charge in [-0.2, -0.15) is 9.61 Å². The van der Waals surface area contributed by atoms with Crippen LogP contribution >= 0.6 is 23.6 Å². The van der Waals surface area contributed by atoms with Gasteiger partial charge >= 0.3 is 0 Å². The third kappa shape index (κ3) is 5.08. The highest BCUT2D eigenvalue weighted by Gasteiger charge is 2.10. The van der Waals surface area contributed by atoms with E-state index in [0.717, 1.165) is 46.2 Å². The Morgan fingerprint density at radius 1 is 1.22 bits per heavy atom. The van der Waals surface area contributed by atoms with Gasteiger partial charge in [-0.1, -0.05) is 55.4 Å². The Bertz CT molecular complexity index is 931. The van der Waals surface area contributed by atoms with Crippen LogP contribution < -0.4 is 10.6 Å². The number of carbonyl (C=O) groups is 1. The van der Waals surface area contributed by atoms with Crippen molar-refractivity contribution in [2.75, 3.05) is 0 Å². The normalized spacial score (nSPS) is 10.9. The van der Waals surface area contributed by atoms with Crippen molar-refractivity contribution in [1.29, 1.82) is 0 Å². The molecule has 0 spiro atoms. The summed E-state index contributed by atoms with van der Waals surface area (Å²) in [6.07, 6.45) is 3.55. The van der Waals surface area contributed by atoms with Crippen LogP contribution in [0.2, 0.25) is 0 Å². The third-order valence-electron chi connectivity index (χ3n) is 4.06. The van der Waals surface area contributed by atoms with E-state index in [1.165, 1.54) is 11.3 Å². The lowest BCUT2D eigenvalue weighted by atomic mass is 10.1. The molecule has 0 saturated carbocycles. The molecule has 142 valence electrons. The fourth-order valence-corrected chi connectivity index (χ4v) is 3.62. The van der Waals surface area contributed by atoms with Gasteiger partial charge in [0, 0.05) is 18.5 Å². The van der Waals surface area contributed by atoms with Crippen LogP contribution in [0.4, 0.5) is 0 Å². The van der Waals surface area contributed by atoms with Crippen molar-refractivity contribution < 1.29 is 4.79 Å². The molecule has 2 heterocycles. The zero-order chi connectivity index (χ0) is 19.2. The van der Waals surface area contributed by atoms with Gasteiger partial charge in [-0.3, -0.25) is 4.79 Å². The summed E-state index contributed by atoms with van der Waals surface area (Å²) >= 11 is 6.69. The maximum atomic E-state index is 11.8. The molecule has 2 N–H and O–H groups in total. The first-order chi connectivity index (χ1) is 13.1. The number of nitrogens with zero attached hydrogens (tertiary/aromatic N) is 4. The Kier molecular flexibility index (Phi) is 6.46. The molecule has 27 heavy (non-hydrogen) atoms. The van der Waals surface area contributed by atoms with E-state index in [1.807, 2.05) is 31.2 Å². The van der Waals surface area contributed by atoms with Gasteiger partial charge in [0.15, 0.2) is 10.9 Å². The summed E-state index contributed by atoms with van der Waals surface area (Å²) in [5.74, 6) is 0.744. The molecule has 2 aromatic heterocycles. The number of unbranched alkanes of at least 4 members (excludes halogenated alkanes) is 2. The molecule has 0 aliphatic rings. The fourth-order valence-electron chi connectivity index (χ4n) is 2.55. The van der Waals surface area contributed by atoms with Crippen molar-refractivity contribution in [1.82, 2.24) is 30.4 Å². The number of thiocarbonyl (C=S) groups is 1. The minimum atomic E-state index is -0.0325. The highest BCUT2D eigenvalue weighted by Crippen LogP contribution is 2.25. The third-order valence-corrected chi connectivity index (χ3v) is 5.26. The highest BCUT2D eigenvalue weighted by molar-refractivity contribution is 7.80. The van der Waals surface area contributed by atoms with Crippen LogP contribution in [0.25, 0.3) is 15.5 Å². The second-order valence-electron chi connectivity index (χ2n) is 6.23. The molecule has 9 heteroatoms. The van der Waals surface area contributed by atoms with E-state index in [0.29, 0.717) is 18.1 Å². The first-order valence-corrected chi connectivity index (χ1v) is 10.1. The van der Waals surface area contributed by atoms with Crippen LogP contribution in [0, 0.1) is 6.92 Å². The fraction of sp³-hybridized carbons (Fsp3) is 0.389. The average molecular weight is 403 g/mol. The zero-order valence-corrected chi connectivity index (χ0v) is 17.0. The number of nitrogens with one attached hydrogen (secondary N) is 2. The van der Waals surface area contributed by atoms with E-state index in [-0.39, 0.29) is 5.91 Å². The smallest absolute Gasteiger partial charge is 0.234 e. The monoisotopic (exact) mass is 402 g/mol. The lowest BCUT2D eigenvalue weighted by Crippen LogP contribution is -2.38. The topological polar surface area (TPSA) is 84.2 Å².